The predicted molar refractivity (Wildman–Crippen MR) is 215 cm³/mol. The highest BCUT2D eigenvalue weighted by Gasteiger charge is 2.41. The number of carbonyl (C=O) groups is 3. The molecule has 2 N–H and O–H groups in total. The lowest BCUT2D eigenvalue weighted by Crippen LogP contribution is -2.44. The number of rotatable bonds is 15. The standard InChI is InChI=1S/C41H41Cl2F2N3O7.C2HF3O2/c1-47-29-13-14-30(47)19-31(18-29)53-40(50)38(25-6-3-2-4-7-25)46-28-9-5-8-27(16-28)39(49)54-36(20-32-33(42)21-48(51)22-34(32)43)26-12-15-35(55-41(44)45)37(17-26)52-23-24-10-11-24;3-2(4,5)1(6)7/h2-9,12,15-17,21-22,24,29-31,36,38,41,46H,10-11,13-14,18-20,23H2,1H3;(H,6,7)/t29?,30?,31?,36-,38?;/m0./s1. The van der Waals surface area contributed by atoms with Crippen LogP contribution < -0.4 is 19.5 Å². The van der Waals surface area contributed by atoms with Crippen LogP contribution >= 0.6 is 23.2 Å². The van der Waals surface area contributed by atoms with Crippen LogP contribution in [0, 0.1) is 11.1 Å². The quantitative estimate of drug-likeness (QED) is 0.0509. The van der Waals surface area contributed by atoms with E-state index in [1.165, 1.54) is 18.2 Å². The molecule has 12 nitrogen and oxygen atoms in total. The zero-order valence-corrected chi connectivity index (χ0v) is 34.5. The molecule has 1 aliphatic carbocycles. The molecule has 332 valence electrons. The number of piperidine rings is 1. The number of aromatic nitrogens is 1. The first kappa shape index (κ1) is 46.1. The Morgan fingerprint density at radius 3 is 2.15 bits per heavy atom. The third-order valence-corrected chi connectivity index (χ3v) is 11.4. The molecular formula is C43H42Cl2F5N3O9. The van der Waals surface area contributed by atoms with Crippen molar-refractivity contribution in [2.45, 2.75) is 88.1 Å². The Morgan fingerprint density at radius 2 is 1.55 bits per heavy atom. The number of carboxylic acids is 1. The highest BCUT2D eigenvalue weighted by Crippen LogP contribution is 2.39. The number of nitrogens with zero attached hydrogens (tertiary/aromatic N) is 2. The first-order chi connectivity index (χ1) is 29.4. The normalized spacial score (nSPS) is 19.4. The van der Waals surface area contributed by atoms with Gasteiger partial charge in [-0.05, 0) is 92.9 Å². The van der Waals surface area contributed by atoms with E-state index in [1.807, 2.05) is 30.3 Å². The largest absolute Gasteiger partial charge is 0.619 e. The number of pyridine rings is 1. The lowest BCUT2D eigenvalue weighted by molar-refractivity contribution is -0.605. The summed E-state index contributed by atoms with van der Waals surface area (Å²) in [7, 11) is 2.13. The molecular weight excluding hydrogens is 868 g/mol. The van der Waals surface area contributed by atoms with E-state index >= 15 is 0 Å². The third-order valence-electron chi connectivity index (χ3n) is 10.8. The molecule has 3 aromatic carbocycles. The van der Waals surface area contributed by atoms with Crippen LogP contribution in [0.25, 0.3) is 0 Å². The molecule has 1 saturated carbocycles. The summed E-state index contributed by atoms with van der Waals surface area (Å²) in [5.74, 6) is -3.70. The number of hydrogen-bond acceptors (Lipinski definition) is 10. The van der Waals surface area contributed by atoms with Gasteiger partial charge in [0.1, 0.15) is 22.3 Å². The Labute approximate surface area is 363 Å². The second-order valence-electron chi connectivity index (χ2n) is 15.2. The molecule has 0 radical (unpaired) electrons. The van der Waals surface area contributed by atoms with Crippen LogP contribution in [0.4, 0.5) is 27.6 Å². The maximum absolute atomic E-state index is 13.9. The Bertz CT molecular complexity index is 2180. The first-order valence-corrected chi connectivity index (χ1v) is 20.3. The predicted octanol–water partition coefficient (Wildman–Crippen LogP) is 9.11. The zero-order valence-electron chi connectivity index (χ0n) is 33.0. The fourth-order valence-electron chi connectivity index (χ4n) is 7.38. The van der Waals surface area contributed by atoms with Gasteiger partial charge in [0, 0.05) is 29.8 Å². The van der Waals surface area contributed by atoms with Crippen LogP contribution in [0.1, 0.15) is 77.7 Å². The molecule has 2 aliphatic heterocycles. The summed E-state index contributed by atoms with van der Waals surface area (Å²) >= 11 is 12.9. The van der Waals surface area contributed by atoms with Crippen LogP contribution in [0.15, 0.2) is 85.2 Å². The van der Waals surface area contributed by atoms with Crippen molar-refractivity contribution in [1.29, 1.82) is 0 Å². The van der Waals surface area contributed by atoms with Gasteiger partial charge in [0.05, 0.1) is 12.2 Å². The van der Waals surface area contributed by atoms with E-state index in [0.717, 1.165) is 50.9 Å². The van der Waals surface area contributed by atoms with Gasteiger partial charge in [-0.25, -0.2) is 14.4 Å². The number of halogens is 7. The van der Waals surface area contributed by atoms with Gasteiger partial charge >= 0.3 is 30.7 Å². The van der Waals surface area contributed by atoms with Gasteiger partial charge < -0.3 is 39.5 Å². The van der Waals surface area contributed by atoms with Crippen molar-refractivity contribution in [2.24, 2.45) is 5.92 Å². The van der Waals surface area contributed by atoms with Gasteiger partial charge in [0.25, 0.3) is 0 Å². The van der Waals surface area contributed by atoms with Crippen LogP contribution in [-0.4, -0.2) is 72.5 Å². The average molecular weight is 911 g/mol. The van der Waals surface area contributed by atoms with E-state index in [1.54, 1.807) is 24.3 Å². The number of ether oxygens (including phenoxy) is 4. The zero-order chi connectivity index (χ0) is 44.7. The molecule has 0 amide bonds. The Hall–Kier alpha value is -5.39. The molecule has 3 heterocycles. The molecule has 4 atom stereocenters. The molecule has 62 heavy (non-hydrogen) atoms. The molecule has 3 fully saturated rings. The van der Waals surface area contributed by atoms with Crippen molar-refractivity contribution in [2.75, 3.05) is 19.0 Å². The maximum atomic E-state index is 13.9. The number of carbonyl (C=O) groups excluding carboxylic acids is 2. The van der Waals surface area contributed by atoms with E-state index in [2.05, 4.69) is 17.3 Å². The monoisotopic (exact) mass is 909 g/mol. The molecule has 19 heteroatoms. The van der Waals surface area contributed by atoms with Gasteiger partial charge in [-0.3, -0.25) is 0 Å². The number of carboxylic acid groups (broad SMARTS) is 1. The number of benzene rings is 3. The Morgan fingerprint density at radius 1 is 0.903 bits per heavy atom. The summed E-state index contributed by atoms with van der Waals surface area (Å²) < 4.78 is 81.6. The smallest absolute Gasteiger partial charge is 0.490 e. The first-order valence-electron chi connectivity index (χ1n) is 19.6. The summed E-state index contributed by atoms with van der Waals surface area (Å²) in [6.07, 6.45) is 1.56. The van der Waals surface area contributed by atoms with Crippen LogP contribution in [0.5, 0.6) is 11.5 Å². The fraction of sp³-hybridized carbons (Fsp3) is 0.395. The topological polar surface area (TPSA) is 151 Å². The van der Waals surface area contributed by atoms with E-state index in [-0.39, 0.29) is 39.6 Å². The Kier molecular flexibility index (Phi) is 15.0. The number of nitrogens with one attached hydrogen (secondary N) is 1. The minimum Gasteiger partial charge on any atom is -0.619 e. The highest BCUT2D eigenvalue weighted by atomic mass is 35.5. The molecule has 1 aromatic heterocycles. The highest BCUT2D eigenvalue weighted by molar-refractivity contribution is 6.35. The number of fused-ring (bicyclic) bond motifs is 2. The summed E-state index contributed by atoms with van der Waals surface area (Å²) in [4.78, 5) is 39.0. The van der Waals surface area contributed by atoms with Crippen LogP contribution in [-0.2, 0) is 25.5 Å². The number of anilines is 1. The van der Waals surface area contributed by atoms with Gasteiger partial charge in [0.2, 0.25) is 0 Å². The second-order valence-corrected chi connectivity index (χ2v) is 16.0. The minimum atomic E-state index is -5.08. The SMILES string of the molecule is CN1C2CCC1CC(OC(=O)C(Nc1cccc(C(=O)O[C@@H](Cc3c(Cl)c[n+]([O-])cc3Cl)c3ccc(OC(F)F)c(OCC4CC4)c3)c1)c1ccccc1)C2.O=C(O)C(F)(F)F. The molecule has 3 aliphatic rings. The van der Waals surface area contributed by atoms with Crippen LogP contribution in [0.2, 0.25) is 10.0 Å². The van der Waals surface area contributed by atoms with E-state index < -0.39 is 42.8 Å². The van der Waals surface area contributed by atoms with E-state index in [0.29, 0.717) is 51.7 Å². The summed E-state index contributed by atoms with van der Waals surface area (Å²) in [5.41, 5.74) is 2.05. The lowest BCUT2D eigenvalue weighted by Gasteiger charge is -2.36. The minimum absolute atomic E-state index is 0.0457. The summed E-state index contributed by atoms with van der Waals surface area (Å²) in [5, 5.41) is 22.5. The van der Waals surface area contributed by atoms with Gasteiger partial charge in [-0.15, -0.1) is 0 Å². The van der Waals surface area contributed by atoms with Gasteiger partial charge in [-0.1, -0.05) is 65.7 Å². The van der Waals surface area contributed by atoms with Crippen molar-refractivity contribution in [1.82, 2.24) is 4.90 Å². The van der Waals surface area contributed by atoms with E-state index in [4.69, 9.17) is 52.1 Å². The number of hydrogen-bond donors (Lipinski definition) is 2. The van der Waals surface area contributed by atoms with Crippen molar-refractivity contribution in [3.8, 4) is 11.5 Å². The summed E-state index contributed by atoms with van der Waals surface area (Å²) in [6.45, 7) is -2.78. The van der Waals surface area contributed by atoms with Crippen molar-refractivity contribution < 1.29 is 65.1 Å². The molecule has 7 rings (SSSR count). The second kappa shape index (κ2) is 20.2. The number of aliphatic carboxylic acids is 1. The van der Waals surface area contributed by atoms with Gasteiger partial charge in [0.15, 0.2) is 29.9 Å². The number of esters is 2. The van der Waals surface area contributed by atoms with Crippen molar-refractivity contribution >= 4 is 46.8 Å². The fourth-order valence-corrected chi connectivity index (χ4v) is 7.97. The lowest BCUT2D eigenvalue weighted by atomic mass is 10.00. The van der Waals surface area contributed by atoms with Crippen molar-refractivity contribution in [3.63, 3.8) is 0 Å². The summed E-state index contributed by atoms with van der Waals surface area (Å²) in [6, 6.07) is 20.0. The van der Waals surface area contributed by atoms with E-state index in [9.17, 15) is 36.7 Å². The van der Waals surface area contributed by atoms with Gasteiger partial charge in [-0.2, -0.15) is 26.7 Å². The Balaban J connectivity index is 0.000000845. The van der Waals surface area contributed by atoms with Crippen molar-refractivity contribution in [3.05, 3.63) is 123 Å². The van der Waals surface area contributed by atoms with Crippen LogP contribution in [0.3, 0.4) is 0 Å². The average Bonchev–Trinajstić information content (AvgIpc) is 4.03. The number of alkyl halides is 5. The third kappa shape index (κ3) is 12.4. The molecule has 0 spiro atoms. The molecule has 2 bridgehead atoms. The molecule has 4 aromatic rings. The molecule has 3 unspecified atom stereocenters. The molecule has 2 saturated heterocycles. The maximum Gasteiger partial charge on any atom is 0.490 e.